The minimum Gasteiger partial charge on any atom is -0.368 e. The van der Waals surface area contributed by atoms with Gasteiger partial charge < -0.3 is 20.5 Å². The molecule has 0 spiro atoms. The van der Waals surface area contributed by atoms with Crippen molar-refractivity contribution < 1.29 is 9.18 Å². The number of nitrogens with one attached hydrogen (secondary N) is 3. The highest BCUT2D eigenvalue weighted by Gasteiger charge is 2.36. The summed E-state index contributed by atoms with van der Waals surface area (Å²) in [5.74, 6) is 0.847. The summed E-state index contributed by atoms with van der Waals surface area (Å²) < 4.78 is 13.6. The number of carbonyl (C=O) groups is 1. The highest BCUT2D eigenvalue weighted by molar-refractivity contribution is 8.03. The standard InChI is InChI=1S/C22H23FN6OS/c23-15-4-3-8-24-18(15)10-25-21(30)19-13-31-22(28-19)14-11-29(12-14)9-7-20-26-16-5-1-2-6-17(16)27-20/h1-6,8,13-14,22,28H,7,9-12H2,(H,25,30)(H,26,27). The number of hydrogen-bond acceptors (Lipinski definition) is 6. The summed E-state index contributed by atoms with van der Waals surface area (Å²) >= 11 is 1.64. The molecule has 1 saturated heterocycles. The molecule has 4 heterocycles. The van der Waals surface area contributed by atoms with Crippen molar-refractivity contribution >= 4 is 28.7 Å². The number of nitrogens with zero attached hydrogens (tertiary/aromatic N) is 3. The first kappa shape index (κ1) is 20.0. The third-order valence-electron chi connectivity index (χ3n) is 5.64. The lowest BCUT2D eigenvalue weighted by molar-refractivity contribution is -0.118. The first-order chi connectivity index (χ1) is 15.2. The van der Waals surface area contributed by atoms with Crippen molar-refractivity contribution in [2.75, 3.05) is 19.6 Å². The Morgan fingerprint density at radius 3 is 2.97 bits per heavy atom. The van der Waals surface area contributed by atoms with Gasteiger partial charge in [-0.1, -0.05) is 12.1 Å². The lowest BCUT2D eigenvalue weighted by atomic mass is 9.99. The van der Waals surface area contributed by atoms with Crippen LogP contribution in [0.1, 0.15) is 11.5 Å². The first-order valence-electron chi connectivity index (χ1n) is 10.3. The average Bonchev–Trinajstić information content (AvgIpc) is 3.39. The van der Waals surface area contributed by atoms with E-state index in [2.05, 4.69) is 30.5 Å². The third-order valence-corrected chi connectivity index (χ3v) is 6.81. The average molecular weight is 439 g/mol. The molecule has 0 radical (unpaired) electrons. The van der Waals surface area contributed by atoms with Crippen LogP contribution in [0.4, 0.5) is 4.39 Å². The highest BCUT2D eigenvalue weighted by Crippen LogP contribution is 2.32. The zero-order valence-corrected chi connectivity index (χ0v) is 17.7. The van der Waals surface area contributed by atoms with E-state index in [4.69, 9.17) is 0 Å². The van der Waals surface area contributed by atoms with Crippen LogP contribution in [0.2, 0.25) is 0 Å². The smallest absolute Gasteiger partial charge is 0.268 e. The molecule has 3 aromatic rings. The summed E-state index contributed by atoms with van der Waals surface area (Å²) in [6.07, 6.45) is 2.41. The maximum atomic E-state index is 13.6. The van der Waals surface area contributed by atoms with Gasteiger partial charge in [-0.15, -0.1) is 11.8 Å². The largest absolute Gasteiger partial charge is 0.368 e. The van der Waals surface area contributed by atoms with Crippen LogP contribution in [0, 0.1) is 11.7 Å². The number of pyridine rings is 1. The molecule has 1 amide bonds. The summed E-state index contributed by atoms with van der Waals surface area (Å²) in [6, 6.07) is 10.9. The number of aromatic nitrogens is 3. The van der Waals surface area contributed by atoms with Crippen molar-refractivity contribution in [2.45, 2.75) is 18.3 Å². The molecule has 0 bridgehead atoms. The molecule has 1 fully saturated rings. The van der Waals surface area contributed by atoms with Gasteiger partial charge in [-0.2, -0.15) is 0 Å². The Bertz CT molecular complexity index is 1090. The van der Waals surface area contributed by atoms with Gasteiger partial charge in [0, 0.05) is 43.6 Å². The molecular formula is C22H23FN6OS. The second kappa shape index (κ2) is 8.68. The molecule has 160 valence electrons. The Kier molecular flexibility index (Phi) is 5.61. The Balaban J connectivity index is 1.04. The molecule has 2 aromatic heterocycles. The summed E-state index contributed by atoms with van der Waals surface area (Å²) in [7, 11) is 0. The number of fused-ring (bicyclic) bond motifs is 1. The molecule has 2 aliphatic rings. The number of imidazole rings is 1. The number of rotatable bonds is 7. The summed E-state index contributed by atoms with van der Waals surface area (Å²) in [5.41, 5.74) is 2.85. The molecule has 1 aromatic carbocycles. The van der Waals surface area contributed by atoms with E-state index in [0.29, 0.717) is 11.6 Å². The molecule has 2 aliphatic heterocycles. The highest BCUT2D eigenvalue weighted by atomic mass is 32.2. The second-order valence-electron chi connectivity index (χ2n) is 7.82. The Morgan fingerprint density at radius 2 is 2.13 bits per heavy atom. The van der Waals surface area contributed by atoms with Gasteiger partial charge in [0.1, 0.15) is 17.3 Å². The Hall–Kier alpha value is -2.91. The number of para-hydroxylation sites is 2. The molecule has 0 saturated carbocycles. The van der Waals surface area contributed by atoms with E-state index in [9.17, 15) is 9.18 Å². The molecular weight excluding hydrogens is 415 g/mol. The van der Waals surface area contributed by atoms with Crippen molar-refractivity contribution in [1.29, 1.82) is 0 Å². The van der Waals surface area contributed by atoms with Crippen LogP contribution < -0.4 is 10.6 Å². The lowest BCUT2D eigenvalue weighted by Crippen LogP contribution is -2.54. The van der Waals surface area contributed by atoms with Crippen molar-refractivity contribution in [1.82, 2.24) is 30.5 Å². The van der Waals surface area contributed by atoms with E-state index in [0.717, 1.165) is 42.9 Å². The molecule has 1 atom stereocenters. The summed E-state index contributed by atoms with van der Waals surface area (Å²) in [4.78, 5) is 26.7. The first-order valence-corrected chi connectivity index (χ1v) is 11.3. The second-order valence-corrected chi connectivity index (χ2v) is 8.83. The van der Waals surface area contributed by atoms with E-state index in [-0.39, 0.29) is 23.5 Å². The van der Waals surface area contributed by atoms with Gasteiger partial charge in [0.2, 0.25) is 0 Å². The molecule has 0 aliphatic carbocycles. The summed E-state index contributed by atoms with van der Waals surface area (Å²) in [6.45, 7) is 3.02. The third kappa shape index (κ3) is 4.42. The molecule has 31 heavy (non-hydrogen) atoms. The maximum absolute atomic E-state index is 13.6. The van der Waals surface area contributed by atoms with Gasteiger partial charge in [0.25, 0.3) is 5.91 Å². The van der Waals surface area contributed by atoms with Crippen LogP contribution in [0.15, 0.2) is 53.7 Å². The number of amides is 1. The van der Waals surface area contributed by atoms with Gasteiger partial charge in [-0.3, -0.25) is 9.78 Å². The number of aromatic amines is 1. The zero-order chi connectivity index (χ0) is 21.2. The number of thioether (sulfide) groups is 1. The number of hydrogen-bond donors (Lipinski definition) is 3. The van der Waals surface area contributed by atoms with Gasteiger partial charge in [-0.25, -0.2) is 9.37 Å². The van der Waals surface area contributed by atoms with Gasteiger partial charge in [0.15, 0.2) is 0 Å². The van der Waals surface area contributed by atoms with Gasteiger partial charge >= 0.3 is 0 Å². The fourth-order valence-corrected chi connectivity index (χ4v) is 4.94. The minimum atomic E-state index is -0.416. The monoisotopic (exact) mass is 438 g/mol. The van der Waals surface area contributed by atoms with E-state index >= 15 is 0 Å². The quantitative estimate of drug-likeness (QED) is 0.525. The van der Waals surface area contributed by atoms with Gasteiger partial charge in [-0.05, 0) is 24.3 Å². The maximum Gasteiger partial charge on any atom is 0.268 e. The summed E-state index contributed by atoms with van der Waals surface area (Å²) in [5, 5.41) is 8.08. The van der Waals surface area contributed by atoms with Crippen LogP contribution in [-0.4, -0.2) is 50.8 Å². The minimum absolute atomic E-state index is 0.0683. The van der Waals surface area contributed by atoms with Crippen LogP contribution in [0.3, 0.4) is 0 Å². The van der Waals surface area contributed by atoms with E-state index in [1.807, 2.05) is 29.7 Å². The molecule has 3 N–H and O–H groups in total. The molecule has 1 unspecified atom stereocenters. The van der Waals surface area contributed by atoms with Gasteiger partial charge in [0.05, 0.1) is 28.6 Å². The van der Waals surface area contributed by atoms with E-state index in [1.54, 1.807) is 11.8 Å². The number of H-pyrrole nitrogens is 1. The van der Waals surface area contributed by atoms with Crippen molar-refractivity contribution in [3.8, 4) is 0 Å². The predicted octanol–water partition coefficient (Wildman–Crippen LogP) is 2.39. The topological polar surface area (TPSA) is 85.9 Å². The van der Waals surface area contributed by atoms with Crippen molar-refractivity contribution in [3.05, 3.63) is 71.0 Å². The molecule has 9 heteroatoms. The van der Waals surface area contributed by atoms with Crippen LogP contribution in [0.25, 0.3) is 11.0 Å². The number of halogens is 1. The number of carbonyl (C=O) groups excluding carboxylic acids is 1. The van der Waals surface area contributed by atoms with E-state index < -0.39 is 5.82 Å². The van der Waals surface area contributed by atoms with Crippen molar-refractivity contribution in [2.24, 2.45) is 5.92 Å². The van der Waals surface area contributed by atoms with Crippen molar-refractivity contribution in [3.63, 3.8) is 0 Å². The Labute approximate surface area is 183 Å². The molecule has 5 rings (SSSR count). The fraction of sp³-hybridized carbons (Fsp3) is 0.318. The van der Waals surface area contributed by atoms with Crippen LogP contribution in [-0.2, 0) is 17.8 Å². The van der Waals surface area contributed by atoms with E-state index in [1.165, 1.54) is 18.3 Å². The predicted molar refractivity (Wildman–Crippen MR) is 118 cm³/mol. The number of benzene rings is 1. The zero-order valence-electron chi connectivity index (χ0n) is 16.8. The fourth-order valence-electron chi connectivity index (χ4n) is 3.89. The Morgan fingerprint density at radius 1 is 1.26 bits per heavy atom. The van der Waals surface area contributed by atoms with Crippen LogP contribution in [0.5, 0.6) is 0 Å². The van der Waals surface area contributed by atoms with Crippen LogP contribution >= 0.6 is 11.8 Å². The SMILES string of the molecule is O=C(NCc1ncccc1F)C1=CSC(C2CN(CCc3nc4ccccc4[nH]3)C2)N1. The normalized spacial score (nSPS) is 19.1. The number of likely N-dealkylation sites (tertiary alicyclic amines) is 1. The lowest BCUT2D eigenvalue weighted by Gasteiger charge is -2.42. The molecule has 7 nitrogen and oxygen atoms in total.